The van der Waals surface area contributed by atoms with Crippen LogP contribution in [-0.4, -0.2) is 11.2 Å². The summed E-state index contributed by atoms with van der Waals surface area (Å²) in [7, 11) is 0. The Morgan fingerprint density at radius 1 is 1.19 bits per heavy atom. The Hall–Kier alpha value is -1.79. The van der Waals surface area contributed by atoms with Gasteiger partial charge in [0.1, 0.15) is 0 Å². The molecular weight excluding hydrogens is 326 g/mol. The third kappa shape index (κ3) is 4.09. The highest BCUT2D eigenvalue weighted by molar-refractivity contribution is 6.35. The van der Waals surface area contributed by atoms with E-state index in [1.165, 1.54) is 30.5 Å². The minimum Gasteiger partial charge on any atom is -0.260 e. The quantitative estimate of drug-likeness (QED) is 0.643. The van der Waals surface area contributed by atoms with Crippen molar-refractivity contribution in [2.24, 2.45) is 5.10 Å². The van der Waals surface area contributed by atoms with Gasteiger partial charge in [-0.25, -0.2) is 4.98 Å². The van der Waals surface area contributed by atoms with Crippen molar-refractivity contribution in [1.82, 2.24) is 4.98 Å². The van der Waals surface area contributed by atoms with Crippen LogP contribution in [0.5, 0.6) is 0 Å². The van der Waals surface area contributed by atoms with E-state index in [0.29, 0.717) is 5.02 Å². The summed E-state index contributed by atoms with van der Waals surface area (Å²) in [6.07, 6.45) is -2.05. The molecule has 0 saturated heterocycles. The van der Waals surface area contributed by atoms with E-state index >= 15 is 0 Å². The van der Waals surface area contributed by atoms with Gasteiger partial charge in [0.25, 0.3) is 0 Å². The van der Waals surface area contributed by atoms with Crippen LogP contribution in [0.2, 0.25) is 10.0 Å². The number of aromatic nitrogens is 1. The van der Waals surface area contributed by atoms with E-state index < -0.39 is 11.7 Å². The minimum absolute atomic E-state index is 0.0671. The first-order valence-corrected chi connectivity index (χ1v) is 6.40. The Morgan fingerprint density at radius 3 is 2.57 bits per heavy atom. The number of halogens is 5. The van der Waals surface area contributed by atoms with Gasteiger partial charge in [0, 0.05) is 11.8 Å². The number of pyridine rings is 1. The summed E-state index contributed by atoms with van der Waals surface area (Å²) in [6, 6.07) is 6.53. The van der Waals surface area contributed by atoms with Crippen LogP contribution in [0.25, 0.3) is 0 Å². The summed E-state index contributed by atoms with van der Waals surface area (Å²) in [5.74, 6) is 0.196. The molecule has 0 atom stereocenters. The fourth-order valence-electron chi connectivity index (χ4n) is 1.53. The lowest BCUT2D eigenvalue weighted by molar-refractivity contribution is -0.137. The van der Waals surface area contributed by atoms with Crippen LogP contribution in [0.1, 0.15) is 11.1 Å². The molecule has 21 heavy (non-hydrogen) atoms. The lowest BCUT2D eigenvalue weighted by atomic mass is 10.1. The summed E-state index contributed by atoms with van der Waals surface area (Å²) < 4.78 is 38.3. The smallest absolute Gasteiger partial charge is 0.260 e. The minimum atomic E-state index is -4.45. The van der Waals surface area contributed by atoms with E-state index in [9.17, 15) is 13.2 Å². The molecule has 1 aromatic heterocycles. The Labute approximate surface area is 128 Å². The van der Waals surface area contributed by atoms with Crippen LogP contribution in [0, 0.1) is 0 Å². The highest BCUT2D eigenvalue weighted by Gasteiger charge is 2.32. The van der Waals surface area contributed by atoms with Gasteiger partial charge in [-0.15, -0.1) is 0 Å². The molecule has 0 bridgehead atoms. The summed E-state index contributed by atoms with van der Waals surface area (Å²) in [5, 5.41) is 4.27. The average molecular weight is 334 g/mol. The van der Waals surface area contributed by atoms with E-state index in [-0.39, 0.29) is 16.4 Å². The lowest BCUT2D eigenvalue weighted by Crippen LogP contribution is -2.09. The normalized spacial score (nSPS) is 11.9. The van der Waals surface area contributed by atoms with Crippen molar-refractivity contribution in [2.45, 2.75) is 6.18 Å². The molecule has 0 radical (unpaired) electrons. The van der Waals surface area contributed by atoms with Crippen LogP contribution in [0.15, 0.2) is 41.6 Å². The molecule has 0 unspecified atom stereocenters. The maximum atomic E-state index is 12.8. The topological polar surface area (TPSA) is 37.3 Å². The third-order valence-corrected chi connectivity index (χ3v) is 2.94. The molecule has 8 heteroatoms. The van der Waals surface area contributed by atoms with Crippen LogP contribution in [-0.2, 0) is 6.18 Å². The Bertz CT molecular complexity index is 672. The average Bonchev–Trinajstić information content (AvgIpc) is 2.41. The van der Waals surface area contributed by atoms with Crippen molar-refractivity contribution < 1.29 is 13.2 Å². The van der Waals surface area contributed by atoms with Crippen LogP contribution in [0.4, 0.5) is 19.0 Å². The molecule has 0 saturated carbocycles. The Morgan fingerprint density at radius 2 is 1.90 bits per heavy atom. The molecule has 0 aliphatic rings. The molecule has 2 rings (SSSR count). The van der Waals surface area contributed by atoms with Crippen molar-refractivity contribution in [1.29, 1.82) is 0 Å². The number of nitrogens with zero attached hydrogens (tertiary/aromatic N) is 2. The second kappa shape index (κ2) is 6.32. The van der Waals surface area contributed by atoms with E-state index in [2.05, 4.69) is 15.5 Å². The fraction of sp³-hybridized carbons (Fsp3) is 0.0769. The molecule has 2 aromatic rings. The van der Waals surface area contributed by atoms with Gasteiger partial charge in [0.15, 0.2) is 5.82 Å². The number of nitrogens with one attached hydrogen (secondary N) is 1. The number of anilines is 1. The maximum Gasteiger partial charge on any atom is 0.417 e. The van der Waals surface area contributed by atoms with Gasteiger partial charge in [-0.05, 0) is 12.1 Å². The number of alkyl halides is 3. The van der Waals surface area contributed by atoms with Gasteiger partial charge >= 0.3 is 6.18 Å². The second-order valence-electron chi connectivity index (χ2n) is 3.94. The molecule has 0 fully saturated rings. The number of rotatable bonds is 3. The molecule has 1 heterocycles. The summed E-state index contributed by atoms with van der Waals surface area (Å²) in [6.45, 7) is 0. The third-order valence-electron chi connectivity index (χ3n) is 2.45. The zero-order valence-corrected chi connectivity index (χ0v) is 11.8. The predicted octanol–water partition coefficient (Wildman–Crippen LogP) is 4.85. The predicted molar refractivity (Wildman–Crippen MR) is 76.9 cm³/mol. The molecule has 1 N–H and O–H groups in total. The molecule has 0 amide bonds. The molecule has 1 aromatic carbocycles. The number of hydrogen-bond acceptors (Lipinski definition) is 3. The summed E-state index contributed by atoms with van der Waals surface area (Å²) in [5.41, 5.74) is 1.63. The largest absolute Gasteiger partial charge is 0.417 e. The van der Waals surface area contributed by atoms with Crippen LogP contribution < -0.4 is 5.43 Å². The second-order valence-corrected chi connectivity index (χ2v) is 4.78. The van der Waals surface area contributed by atoms with Gasteiger partial charge < -0.3 is 0 Å². The van der Waals surface area contributed by atoms with Crippen molar-refractivity contribution >= 4 is 35.2 Å². The number of hydrogen-bond donors (Lipinski definition) is 1. The van der Waals surface area contributed by atoms with Crippen molar-refractivity contribution in [3.63, 3.8) is 0 Å². The van der Waals surface area contributed by atoms with Crippen LogP contribution in [0.3, 0.4) is 0 Å². The standard InChI is InChI=1S/C13H8Cl2F3N3/c14-9-5-11(15)12(19-7-9)21-20-6-8-3-1-2-4-10(8)13(16,17)18/h1-7H,(H,19,21)/b20-6+. The van der Waals surface area contributed by atoms with Crippen LogP contribution >= 0.6 is 23.2 Å². The van der Waals surface area contributed by atoms with Crippen molar-refractivity contribution in [3.8, 4) is 0 Å². The van der Waals surface area contributed by atoms with E-state index in [1.807, 2.05) is 0 Å². The molecule has 0 spiro atoms. The zero-order valence-electron chi connectivity index (χ0n) is 10.3. The SMILES string of the molecule is FC(F)(F)c1ccccc1/C=N/Nc1ncc(Cl)cc1Cl. The Balaban J connectivity index is 2.19. The van der Waals surface area contributed by atoms with Gasteiger partial charge in [-0.1, -0.05) is 41.4 Å². The van der Waals surface area contributed by atoms with Gasteiger partial charge in [0.05, 0.1) is 21.8 Å². The number of hydrazone groups is 1. The molecule has 0 aliphatic heterocycles. The van der Waals surface area contributed by atoms with E-state index in [0.717, 1.165) is 12.3 Å². The molecule has 110 valence electrons. The fourth-order valence-corrected chi connectivity index (χ4v) is 1.95. The van der Waals surface area contributed by atoms with Gasteiger partial charge in [0.2, 0.25) is 0 Å². The highest BCUT2D eigenvalue weighted by atomic mass is 35.5. The summed E-state index contributed by atoms with van der Waals surface area (Å²) in [4.78, 5) is 3.87. The van der Waals surface area contributed by atoms with E-state index in [4.69, 9.17) is 23.2 Å². The first-order chi connectivity index (χ1) is 9.88. The first-order valence-electron chi connectivity index (χ1n) is 5.64. The van der Waals surface area contributed by atoms with E-state index in [1.54, 1.807) is 0 Å². The monoisotopic (exact) mass is 333 g/mol. The molecule has 3 nitrogen and oxygen atoms in total. The molecule has 0 aliphatic carbocycles. The maximum absolute atomic E-state index is 12.8. The van der Waals surface area contributed by atoms with Crippen molar-refractivity contribution in [3.05, 3.63) is 57.7 Å². The lowest BCUT2D eigenvalue weighted by Gasteiger charge is -2.09. The first kappa shape index (κ1) is 15.6. The van der Waals surface area contributed by atoms with Gasteiger partial charge in [-0.2, -0.15) is 18.3 Å². The highest BCUT2D eigenvalue weighted by Crippen LogP contribution is 2.31. The van der Waals surface area contributed by atoms with Gasteiger partial charge in [-0.3, -0.25) is 5.43 Å². The summed E-state index contributed by atoms with van der Waals surface area (Å²) >= 11 is 11.5. The zero-order chi connectivity index (χ0) is 15.5. The number of benzene rings is 1. The molecular formula is C13H8Cl2F3N3. The Kier molecular flexibility index (Phi) is 4.69. The van der Waals surface area contributed by atoms with Crippen molar-refractivity contribution in [2.75, 3.05) is 5.43 Å².